The Morgan fingerprint density at radius 3 is 2.52 bits per heavy atom. The topological polar surface area (TPSA) is 124 Å². The Hall–Kier alpha value is -3.88. The van der Waals surface area contributed by atoms with Crippen LogP contribution in [0.2, 0.25) is 0 Å². The van der Waals surface area contributed by atoms with Crippen LogP contribution in [-0.4, -0.2) is 40.8 Å². The molecule has 0 spiro atoms. The number of amides is 1. The minimum absolute atomic E-state index is 0.00184. The van der Waals surface area contributed by atoms with Crippen LogP contribution in [0.25, 0.3) is 0 Å². The molecule has 3 aromatic rings. The monoisotopic (exact) mass is 397 g/mol. The first-order valence-electron chi connectivity index (χ1n) is 8.75. The van der Waals surface area contributed by atoms with Gasteiger partial charge in [-0.3, -0.25) is 4.79 Å². The third-order valence-electron chi connectivity index (χ3n) is 3.94. The minimum Gasteiger partial charge on any atom is -0.508 e. The predicted molar refractivity (Wildman–Crippen MR) is 101 cm³/mol. The molecule has 1 aromatic heterocycles. The van der Waals surface area contributed by atoms with Crippen molar-refractivity contribution < 1.29 is 28.7 Å². The molecule has 2 aromatic carbocycles. The number of ether oxygens (including phenoxy) is 2. The molecule has 0 fully saturated rings. The summed E-state index contributed by atoms with van der Waals surface area (Å²) in [4.78, 5) is 27.5. The van der Waals surface area contributed by atoms with Gasteiger partial charge in [0.05, 0.1) is 12.7 Å². The fourth-order valence-electron chi connectivity index (χ4n) is 2.42. The normalized spacial score (nSPS) is 10.4. The van der Waals surface area contributed by atoms with Crippen molar-refractivity contribution in [2.24, 2.45) is 0 Å². The van der Waals surface area contributed by atoms with E-state index < -0.39 is 11.9 Å². The van der Waals surface area contributed by atoms with Gasteiger partial charge in [-0.05, 0) is 48.4 Å². The minimum atomic E-state index is -0.482. The molecule has 3 rings (SSSR count). The van der Waals surface area contributed by atoms with Gasteiger partial charge in [0.25, 0.3) is 0 Å². The van der Waals surface area contributed by atoms with Crippen LogP contribution in [-0.2, 0) is 17.8 Å². The second-order valence-corrected chi connectivity index (χ2v) is 5.99. The highest BCUT2D eigenvalue weighted by Crippen LogP contribution is 2.14. The number of phenols is 1. The van der Waals surface area contributed by atoms with Gasteiger partial charge < -0.3 is 24.4 Å². The van der Waals surface area contributed by atoms with Crippen LogP contribution >= 0.6 is 0 Å². The number of hydrogen-bond acceptors (Lipinski definition) is 8. The maximum Gasteiger partial charge on any atom is 0.337 e. The van der Waals surface area contributed by atoms with Crippen molar-refractivity contribution in [2.45, 2.75) is 13.0 Å². The Morgan fingerprint density at radius 1 is 1.10 bits per heavy atom. The van der Waals surface area contributed by atoms with Crippen LogP contribution in [0.5, 0.6) is 11.5 Å². The number of nitrogens with zero attached hydrogens (tertiary/aromatic N) is 2. The zero-order valence-electron chi connectivity index (χ0n) is 15.6. The maximum atomic E-state index is 12.1. The number of nitrogens with one attached hydrogen (secondary N) is 1. The molecule has 0 unspecified atom stereocenters. The van der Waals surface area contributed by atoms with Crippen molar-refractivity contribution in [3.05, 3.63) is 71.4 Å². The quantitative estimate of drug-likeness (QED) is 0.554. The summed E-state index contributed by atoms with van der Waals surface area (Å²) >= 11 is 0. The molecule has 0 radical (unpaired) electrons. The fraction of sp³-hybridized carbons (Fsp3) is 0.200. The number of phenolic OH excluding ortho intramolecular Hbond substituents is 1. The summed E-state index contributed by atoms with van der Waals surface area (Å²) in [7, 11) is 1.31. The zero-order valence-corrected chi connectivity index (χ0v) is 15.6. The van der Waals surface area contributed by atoms with Crippen LogP contribution in [0.15, 0.2) is 53.1 Å². The number of aromatic hydroxyl groups is 1. The van der Waals surface area contributed by atoms with Crippen molar-refractivity contribution in [2.75, 3.05) is 13.7 Å². The predicted octanol–water partition coefficient (Wildman–Crippen LogP) is 2.11. The first-order valence-corrected chi connectivity index (χ1v) is 8.75. The Labute approximate surface area is 166 Å². The van der Waals surface area contributed by atoms with Gasteiger partial charge in [0.1, 0.15) is 11.5 Å². The lowest BCUT2D eigenvalue weighted by atomic mass is 10.1. The van der Waals surface area contributed by atoms with Crippen LogP contribution < -0.4 is 10.1 Å². The molecule has 150 valence electrons. The second kappa shape index (κ2) is 9.36. The van der Waals surface area contributed by atoms with E-state index in [9.17, 15) is 14.7 Å². The second-order valence-electron chi connectivity index (χ2n) is 5.99. The molecular formula is C20H19N3O6. The summed E-state index contributed by atoms with van der Waals surface area (Å²) in [6, 6.07) is 13.1. The molecule has 1 amide bonds. The summed E-state index contributed by atoms with van der Waals surface area (Å²) in [5.74, 6) is -0.165. The Kier molecular flexibility index (Phi) is 6.41. The van der Waals surface area contributed by atoms with E-state index in [1.807, 2.05) is 0 Å². The highest BCUT2D eigenvalue weighted by atomic mass is 16.5. The molecule has 29 heavy (non-hydrogen) atoms. The Morgan fingerprint density at radius 2 is 1.83 bits per heavy atom. The van der Waals surface area contributed by atoms with Gasteiger partial charge in [0, 0.05) is 6.54 Å². The molecule has 0 aliphatic heterocycles. The van der Waals surface area contributed by atoms with Crippen molar-refractivity contribution in [3.63, 3.8) is 0 Å². The van der Waals surface area contributed by atoms with E-state index in [0.29, 0.717) is 24.3 Å². The van der Waals surface area contributed by atoms with Gasteiger partial charge in [-0.2, -0.15) is 4.98 Å². The van der Waals surface area contributed by atoms with E-state index in [1.165, 1.54) is 7.11 Å². The number of rotatable bonds is 8. The van der Waals surface area contributed by atoms with E-state index in [-0.39, 0.29) is 24.1 Å². The smallest absolute Gasteiger partial charge is 0.337 e. The number of carbonyl (C=O) groups is 2. The number of aromatic nitrogens is 2. The van der Waals surface area contributed by atoms with E-state index in [0.717, 1.165) is 5.56 Å². The summed E-state index contributed by atoms with van der Waals surface area (Å²) in [5.41, 5.74) is 1.38. The molecule has 0 atom stereocenters. The highest BCUT2D eigenvalue weighted by Gasteiger charge is 2.15. The number of esters is 1. The van der Waals surface area contributed by atoms with Crippen molar-refractivity contribution in [3.8, 4) is 11.5 Å². The maximum absolute atomic E-state index is 12.1. The summed E-state index contributed by atoms with van der Waals surface area (Å²) in [5, 5.41) is 15.7. The van der Waals surface area contributed by atoms with Crippen molar-refractivity contribution in [1.29, 1.82) is 0 Å². The molecule has 0 aliphatic carbocycles. The number of carbonyl (C=O) groups excluding carboxylic acids is 2. The molecule has 0 aliphatic rings. The number of benzene rings is 2. The van der Waals surface area contributed by atoms with Crippen molar-refractivity contribution in [1.82, 2.24) is 15.5 Å². The SMILES string of the molecule is COC(=O)c1ccc(OCc2noc(C(=O)NCCc3ccc(O)cc3)n2)cc1. The standard InChI is InChI=1S/C20H19N3O6/c1-27-20(26)14-4-8-16(9-5-14)28-12-17-22-19(29-23-17)18(25)21-11-10-13-2-6-15(24)7-3-13/h2-9,24H,10-12H2,1H3,(H,21,25). The van der Waals surface area contributed by atoms with Crippen LogP contribution in [0.3, 0.4) is 0 Å². The van der Waals surface area contributed by atoms with Gasteiger partial charge in [0.2, 0.25) is 5.82 Å². The van der Waals surface area contributed by atoms with Crippen LogP contribution in [0.4, 0.5) is 0 Å². The molecule has 0 saturated heterocycles. The van der Waals surface area contributed by atoms with E-state index >= 15 is 0 Å². The van der Waals surface area contributed by atoms with Gasteiger partial charge in [-0.1, -0.05) is 17.3 Å². The molecule has 1 heterocycles. The fourth-order valence-corrected chi connectivity index (χ4v) is 2.42. The number of methoxy groups -OCH3 is 1. The van der Waals surface area contributed by atoms with E-state index in [1.54, 1.807) is 48.5 Å². The molecule has 0 saturated carbocycles. The lowest BCUT2D eigenvalue weighted by Gasteiger charge is -2.04. The van der Waals surface area contributed by atoms with E-state index in [4.69, 9.17) is 9.26 Å². The van der Waals surface area contributed by atoms with E-state index in [2.05, 4.69) is 20.2 Å². The Balaban J connectivity index is 1.46. The average molecular weight is 397 g/mol. The summed E-state index contributed by atoms with van der Waals surface area (Å²) in [6.07, 6.45) is 0.595. The third-order valence-corrected chi connectivity index (χ3v) is 3.94. The molecule has 9 nitrogen and oxygen atoms in total. The average Bonchev–Trinajstić information content (AvgIpc) is 3.22. The molecule has 2 N–H and O–H groups in total. The number of hydrogen-bond donors (Lipinski definition) is 2. The first kappa shape index (κ1) is 19.9. The highest BCUT2D eigenvalue weighted by molar-refractivity contribution is 5.89. The summed E-state index contributed by atoms with van der Waals surface area (Å²) < 4.78 is 15.1. The lowest BCUT2D eigenvalue weighted by Crippen LogP contribution is -2.26. The van der Waals surface area contributed by atoms with Crippen molar-refractivity contribution >= 4 is 11.9 Å². The van der Waals surface area contributed by atoms with Gasteiger partial charge in [-0.25, -0.2) is 4.79 Å². The molecule has 9 heteroatoms. The van der Waals surface area contributed by atoms with Crippen LogP contribution in [0.1, 0.15) is 32.4 Å². The summed E-state index contributed by atoms with van der Waals surface area (Å²) in [6.45, 7) is 0.381. The zero-order chi connectivity index (χ0) is 20.6. The lowest BCUT2D eigenvalue weighted by molar-refractivity contribution is 0.0600. The van der Waals surface area contributed by atoms with Gasteiger partial charge >= 0.3 is 17.8 Å². The Bertz CT molecular complexity index is 967. The van der Waals surface area contributed by atoms with Gasteiger partial charge in [0.15, 0.2) is 6.61 Å². The molecular weight excluding hydrogens is 378 g/mol. The largest absolute Gasteiger partial charge is 0.508 e. The molecule has 0 bridgehead atoms. The van der Waals surface area contributed by atoms with Gasteiger partial charge in [-0.15, -0.1) is 0 Å². The third kappa shape index (κ3) is 5.55. The first-order chi connectivity index (χ1) is 14.0. The van der Waals surface area contributed by atoms with Crippen LogP contribution in [0, 0.1) is 0 Å².